The van der Waals surface area contributed by atoms with Gasteiger partial charge in [0, 0.05) is 35.3 Å². The van der Waals surface area contributed by atoms with E-state index >= 15 is 0 Å². The van der Waals surface area contributed by atoms with Crippen molar-refractivity contribution >= 4 is 27.3 Å². The lowest BCUT2D eigenvalue weighted by atomic mass is 10.1. The lowest BCUT2D eigenvalue weighted by Gasteiger charge is -2.39. The first kappa shape index (κ1) is 16.9. The molecule has 0 radical (unpaired) electrons. The van der Waals surface area contributed by atoms with Gasteiger partial charge in [-0.15, -0.1) is 11.3 Å². The van der Waals surface area contributed by atoms with Gasteiger partial charge in [-0.25, -0.2) is 23.1 Å². The molecular formula is C17H22N4O2S2. The van der Waals surface area contributed by atoms with Crippen LogP contribution in [0.5, 0.6) is 0 Å². The fourth-order valence-corrected chi connectivity index (χ4v) is 4.84. The molecule has 4 rings (SSSR count). The third-order valence-corrected chi connectivity index (χ3v) is 6.66. The van der Waals surface area contributed by atoms with Crippen molar-refractivity contribution in [1.29, 1.82) is 0 Å². The summed E-state index contributed by atoms with van der Waals surface area (Å²) in [5.41, 5.74) is 3.48. The monoisotopic (exact) mass is 378 g/mol. The molecule has 1 aliphatic heterocycles. The molecule has 6 nitrogen and oxygen atoms in total. The first-order valence-corrected chi connectivity index (χ1v) is 11.3. The van der Waals surface area contributed by atoms with Gasteiger partial charge >= 0.3 is 0 Å². The molecule has 0 spiro atoms. The fraction of sp³-hybridized carbons (Fsp3) is 0.529. The molecule has 134 valence electrons. The number of hydrogen-bond donors (Lipinski definition) is 1. The van der Waals surface area contributed by atoms with Gasteiger partial charge in [0.05, 0.1) is 16.8 Å². The van der Waals surface area contributed by atoms with Crippen LogP contribution in [0.3, 0.4) is 0 Å². The molecule has 1 saturated heterocycles. The quantitative estimate of drug-likeness (QED) is 0.864. The second-order valence-electron chi connectivity index (χ2n) is 6.84. The first-order valence-electron chi connectivity index (χ1n) is 8.61. The van der Waals surface area contributed by atoms with Crippen LogP contribution >= 0.6 is 11.3 Å². The van der Waals surface area contributed by atoms with Crippen molar-refractivity contribution in [2.45, 2.75) is 45.2 Å². The molecule has 1 fully saturated rings. The summed E-state index contributed by atoms with van der Waals surface area (Å²) in [6, 6.07) is 4.53. The number of rotatable bonds is 5. The zero-order valence-electron chi connectivity index (χ0n) is 14.4. The number of anilines is 1. The number of fused-ring (bicyclic) bond motifs is 1. The van der Waals surface area contributed by atoms with E-state index < -0.39 is 10.0 Å². The minimum atomic E-state index is -3.18. The lowest BCUT2D eigenvalue weighted by Crippen LogP contribution is -2.46. The van der Waals surface area contributed by atoms with Crippen LogP contribution in [-0.2, 0) is 29.4 Å². The zero-order valence-corrected chi connectivity index (χ0v) is 16.1. The summed E-state index contributed by atoms with van der Waals surface area (Å²) in [5.74, 6) is 0.846. The number of aryl methyl sites for hydroxylation is 1. The molecule has 2 aromatic heterocycles. The van der Waals surface area contributed by atoms with Crippen LogP contribution in [-0.4, -0.2) is 37.2 Å². The molecule has 2 aliphatic rings. The predicted octanol–water partition coefficient (Wildman–Crippen LogP) is 2.34. The zero-order chi connectivity index (χ0) is 17.6. The van der Waals surface area contributed by atoms with Crippen molar-refractivity contribution in [3.05, 3.63) is 28.3 Å². The number of sulfonamides is 1. The van der Waals surface area contributed by atoms with E-state index in [0.717, 1.165) is 47.2 Å². The minimum Gasteiger partial charge on any atom is -0.338 e. The van der Waals surface area contributed by atoms with E-state index in [2.05, 4.69) is 16.5 Å². The van der Waals surface area contributed by atoms with Gasteiger partial charge in [-0.1, -0.05) is 0 Å². The van der Waals surface area contributed by atoms with Crippen molar-refractivity contribution in [1.82, 2.24) is 14.7 Å². The molecule has 1 atom stereocenters. The minimum absolute atomic E-state index is 0.326. The average Bonchev–Trinajstić information content (AvgIpc) is 3.19. The summed E-state index contributed by atoms with van der Waals surface area (Å²) in [6.07, 6.45) is 5.54. The van der Waals surface area contributed by atoms with E-state index in [9.17, 15) is 8.42 Å². The summed E-state index contributed by atoms with van der Waals surface area (Å²) in [5, 5.41) is 0. The van der Waals surface area contributed by atoms with E-state index in [-0.39, 0.29) is 0 Å². The van der Waals surface area contributed by atoms with Crippen molar-refractivity contribution in [2.75, 3.05) is 17.7 Å². The van der Waals surface area contributed by atoms with Gasteiger partial charge in [-0.2, -0.15) is 0 Å². The topological polar surface area (TPSA) is 75.2 Å². The second-order valence-corrected chi connectivity index (χ2v) is 9.84. The van der Waals surface area contributed by atoms with Gasteiger partial charge in [0.1, 0.15) is 0 Å². The Bertz CT molecular complexity index is 907. The highest BCUT2D eigenvalue weighted by molar-refractivity contribution is 7.88. The van der Waals surface area contributed by atoms with E-state index in [0.29, 0.717) is 12.6 Å². The number of hydrogen-bond acceptors (Lipinski definition) is 6. The molecule has 1 N–H and O–H groups in total. The fourth-order valence-electron chi connectivity index (χ4n) is 3.37. The van der Waals surface area contributed by atoms with Crippen LogP contribution in [0.25, 0.3) is 10.6 Å². The summed E-state index contributed by atoms with van der Waals surface area (Å²) in [6.45, 7) is 3.56. The Hall–Kier alpha value is -1.51. The molecule has 25 heavy (non-hydrogen) atoms. The molecular weight excluding hydrogens is 356 g/mol. The summed E-state index contributed by atoms with van der Waals surface area (Å²) in [4.78, 5) is 14.1. The Morgan fingerprint density at radius 3 is 2.84 bits per heavy atom. The smallest absolute Gasteiger partial charge is 0.226 e. The van der Waals surface area contributed by atoms with Gasteiger partial charge in [0.25, 0.3) is 0 Å². The van der Waals surface area contributed by atoms with Crippen LogP contribution in [0, 0.1) is 0 Å². The first-order chi connectivity index (χ1) is 11.9. The van der Waals surface area contributed by atoms with Crippen LogP contribution in [0.4, 0.5) is 5.95 Å². The number of nitrogens with zero attached hydrogens (tertiary/aromatic N) is 3. The van der Waals surface area contributed by atoms with Gasteiger partial charge in [-0.3, -0.25) is 0 Å². The van der Waals surface area contributed by atoms with E-state index in [1.54, 1.807) is 11.3 Å². The Kier molecular flexibility index (Phi) is 4.29. The molecule has 8 heteroatoms. The van der Waals surface area contributed by atoms with Gasteiger partial charge < -0.3 is 4.90 Å². The third kappa shape index (κ3) is 3.43. The molecule has 3 heterocycles. The van der Waals surface area contributed by atoms with E-state index in [1.165, 1.54) is 23.9 Å². The average molecular weight is 379 g/mol. The molecule has 0 bridgehead atoms. The highest BCUT2D eigenvalue weighted by Gasteiger charge is 2.29. The number of thiophene rings is 1. The molecule has 1 aliphatic carbocycles. The molecule has 0 saturated carbocycles. The Morgan fingerprint density at radius 1 is 1.32 bits per heavy atom. The maximum Gasteiger partial charge on any atom is 0.226 e. The third-order valence-electron chi connectivity index (χ3n) is 4.90. The maximum atomic E-state index is 11.3. The SMILES string of the molecule is C[C@H]1CCN1c1nc2c(c(-c3ccc(CNS(C)(=O)=O)s3)n1)CCC2. The molecule has 2 aromatic rings. The Balaban J connectivity index is 1.67. The number of nitrogens with one attached hydrogen (secondary N) is 1. The van der Waals surface area contributed by atoms with Gasteiger partial charge in [0.15, 0.2) is 0 Å². The van der Waals surface area contributed by atoms with Crippen LogP contribution in [0.2, 0.25) is 0 Å². The summed E-state index contributed by atoms with van der Waals surface area (Å²) < 4.78 is 25.1. The maximum absolute atomic E-state index is 11.3. The van der Waals surface area contributed by atoms with E-state index in [1.807, 2.05) is 12.1 Å². The lowest BCUT2D eigenvalue weighted by molar-refractivity contribution is 0.470. The second kappa shape index (κ2) is 6.34. The standard InChI is InChI=1S/C17H22N4O2S2/c1-11-8-9-21(11)17-19-14-5-3-4-13(14)16(20-17)15-7-6-12(24-15)10-18-25(2,22)23/h6-7,11,18H,3-5,8-10H2,1-2H3/t11-/m0/s1. The Morgan fingerprint density at radius 2 is 2.16 bits per heavy atom. The van der Waals surface area contributed by atoms with Gasteiger partial charge in [0.2, 0.25) is 16.0 Å². The van der Waals surface area contributed by atoms with E-state index in [4.69, 9.17) is 9.97 Å². The normalized spacial score (nSPS) is 19.8. The molecule has 0 aromatic carbocycles. The largest absolute Gasteiger partial charge is 0.338 e. The van der Waals surface area contributed by atoms with Gasteiger partial charge in [-0.05, 0) is 44.7 Å². The van der Waals surface area contributed by atoms with Crippen molar-refractivity contribution in [2.24, 2.45) is 0 Å². The van der Waals surface area contributed by atoms with Crippen molar-refractivity contribution < 1.29 is 8.42 Å². The summed E-state index contributed by atoms with van der Waals surface area (Å²) >= 11 is 1.60. The summed E-state index contributed by atoms with van der Waals surface area (Å²) in [7, 11) is -3.18. The predicted molar refractivity (Wildman–Crippen MR) is 100 cm³/mol. The highest BCUT2D eigenvalue weighted by Crippen LogP contribution is 2.36. The Labute approximate surface area is 152 Å². The van der Waals surface area contributed by atoms with Crippen LogP contribution in [0.15, 0.2) is 12.1 Å². The number of aromatic nitrogens is 2. The van der Waals surface area contributed by atoms with Crippen LogP contribution < -0.4 is 9.62 Å². The van der Waals surface area contributed by atoms with Crippen molar-refractivity contribution in [3.8, 4) is 10.6 Å². The van der Waals surface area contributed by atoms with Crippen LogP contribution in [0.1, 0.15) is 35.9 Å². The van der Waals surface area contributed by atoms with Crippen molar-refractivity contribution in [3.63, 3.8) is 0 Å². The highest BCUT2D eigenvalue weighted by atomic mass is 32.2. The molecule has 0 amide bonds. The molecule has 0 unspecified atom stereocenters.